The lowest BCUT2D eigenvalue weighted by molar-refractivity contribution is 0.0696. The third-order valence-electron chi connectivity index (χ3n) is 7.80. The zero-order valence-electron chi connectivity index (χ0n) is 21.2. The zero-order valence-corrected chi connectivity index (χ0v) is 22.0. The van der Waals surface area contributed by atoms with E-state index in [0.29, 0.717) is 60.9 Å². The van der Waals surface area contributed by atoms with Crippen LogP contribution in [0, 0.1) is 25.7 Å². The van der Waals surface area contributed by atoms with E-state index in [2.05, 4.69) is 24.4 Å². The maximum atomic E-state index is 14.0. The second kappa shape index (κ2) is 9.82. The van der Waals surface area contributed by atoms with Crippen molar-refractivity contribution in [3.63, 3.8) is 0 Å². The molecule has 2 aliphatic heterocycles. The van der Waals surface area contributed by atoms with Gasteiger partial charge in [0, 0.05) is 13.1 Å². The molecule has 3 heterocycles. The number of carbonyl (C=O) groups is 2. The Bertz CT molecular complexity index is 1350. The van der Waals surface area contributed by atoms with Gasteiger partial charge in [-0.1, -0.05) is 42.3 Å². The minimum Gasteiger partial charge on any atom is -0.486 e. The summed E-state index contributed by atoms with van der Waals surface area (Å²) in [6.45, 7) is 6.01. The van der Waals surface area contributed by atoms with Crippen molar-refractivity contribution in [2.24, 2.45) is 11.8 Å². The number of rotatable bonds is 5. The van der Waals surface area contributed by atoms with Crippen molar-refractivity contribution in [3.05, 3.63) is 64.3 Å². The molecule has 0 unspecified atom stereocenters. The number of thiazole rings is 1. The molecule has 0 radical (unpaired) electrons. The van der Waals surface area contributed by atoms with Crippen molar-refractivity contribution in [2.45, 2.75) is 39.2 Å². The average Bonchev–Trinajstić information content (AvgIpc) is 3.61. The molecule has 6 rings (SSSR count). The van der Waals surface area contributed by atoms with Gasteiger partial charge in [0.15, 0.2) is 11.5 Å². The van der Waals surface area contributed by atoms with E-state index in [1.807, 2.05) is 30.0 Å². The Hall–Kier alpha value is -3.39. The van der Waals surface area contributed by atoms with E-state index < -0.39 is 0 Å². The van der Waals surface area contributed by atoms with Gasteiger partial charge in [-0.05, 0) is 56.2 Å². The molecular formula is C29H31N3O4S. The number of hydrogen-bond acceptors (Lipinski definition) is 6. The Labute approximate surface area is 220 Å². The summed E-state index contributed by atoms with van der Waals surface area (Å²) in [6.07, 6.45) is 3.37. The van der Waals surface area contributed by atoms with Crippen LogP contribution >= 0.6 is 11.3 Å². The van der Waals surface area contributed by atoms with Crippen molar-refractivity contribution in [1.29, 1.82) is 0 Å². The number of fused-ring (bicyclic) bond motifs is 2. The second-order valence-electron chi connectivity index (χ2n) is 10.2. The van der Waals surface area contributed by atoms with Gasteiger partial charge in [0.25, 0.3) is 11.8 Å². The Morgan fingerprint density at radius 3 is 2.81 bits per heavy atom. The SMILES string of the molecule is Cc1cccc(-c2sc(C)nc2C(=O)N2C[C@@H]3CCC[C@@H]3[C@H]2CNC(=O)c2cccc3c2OCCO3)c1. The first-order valence-corrected chi connectivity index (χ1v) is 13.8. The van der Waals surface area contributed by atoms with E-state index >= 15 is 0 Å². The second-order valence-corrected chi connectivity index (χ2v) is 11.4. The van der Waals surface area contributed by atoms with Crippen molar-refractivity contribution >= 4 is 23.2 Å². The van der Waals surface area contributed by atoms with Gasteiger partial charge in [-0.25, -0.2) is 4.98 Å². The highest BCUT2D eigenvalue weighted by molar-refractivity contribution is 7.15. The minimum atomic E-state index is -0.207. The lowest BCUT2D eigenvalue weighted by Gasteiger charge is -2.28. The monoisotopic (exact) mass is 517 g/mol. The average molecular weight is 518 g/mol. The molecule has 3 aromatic rings. The van der Waals surface area contributed by atoms with Gasteiger partial charge in [-0.2, -0.15) is 0 Å². The summed E-state index contributed by atoms with van der Waals surface area (Å²) in [7, 11) is 0. The van der Waals surface area contributed by atoms with Crippen LogP contribution in [0.1, 0.15) is 50.7 Å². The number of aryl methyl sites for hydroxylation is 2. The molecule has 0 bridgehead atoms. The predicted molar refractivity (Wildman–Crippen MR) is 142 cm³/mol. The van der Waals surface area contributed by atoms with E-state index in [4.69, 9.17) is 14.5 Å². The summed E-state index contributed by atoms with van der Waals surface area (Å²) in [6, 6.07) is 13.5. The number of benzene rings is 2. The minimum absolute atomic E-state index is 0.0386. The third kappa shape index (κ3) is 4.48. The maximum absolute atomic E-state index is 14.0. The number of carbonyl (C=O) groups excluding carboxylic acids is 2. The normalized spacial score (nSPS) is 22.1. The van der Waals surface area contributed by atoms with Gasteiger partial charge in [0.2, 0.25) is 0 Å². The van der Waals surface area contributed by atoms with Crippen molar-refractivity contribution in [2.75, 3.05) is 26.3 Å². The highest BCUT2D eigenvalue weighted by Crippen LogP contribution is 2.43. The molecule has 0 spiro atoms. The molecule has 192 valence electrons. The summed E-state index contributed by atoms with van der Waals surface area (Å²) in [5.41, 5.74) is 3.16. The van der Waals surface area contributed by atoms with Crippen LogP contribution in [0.5, 0.6) is 11.5 Å². The Morgan fingerprint density at radius 1 is 1.11 bits per heavy atom. The lowest BCUT2D eigenvalue weighted by Crippen LogP contribution is -2.46. The van der Waals surface area contributed by atoms with Gasteiger partial charge < -0.3 is 19.7 Å². The zero-order chi connectivity index (χ0) is 25.5. The fraction of sp³-hybridized carbons (Fsp3) is 0.414. The van der Waals surface area contributed by atoms with E-state index in [-0.39, 0.29) is 17.9 Å². The highest BCUT2D eigenvalue weighted by Gasteiger charge is 2.47. The standard InChI is InChI=1S/C29H31N3O4S/c1-17-6-3-7-19(14-17)27-25(31-18(2)37-27)29(34)32-16-20-8-4-9-21(20)23(32)15-30-28(33)22-10-5-11-24-26(22)36-13-12-35-24/h3,5-7,10-11,14,20-21,23H,4,8-9,12-13,15-16H2,1-2H3,(H,30,33)/t20-,21-,23+/m0/s1. The van der Waals surface area contributed by atoms with Crippen LogP contribution in [0.2, 0.25) is 0 Å². The van der Waals surface area contributed by atoms with Crippen LogP contribution in [-0.4, -0.2) is 54.0 Å². The number of nitrogens with zero attached hydrogens (tertiary/aromatic N) is 2. The number of hydrogen-bond donors (Lipinski definition) is 1. The molecule has 7 nitrogen and oxygen atoms in total. The third-order valence-corrected chi connectivity index (χ3v) is 8.82. The smallest absolute Gasteiger partial charge is 0.274 e. The summed E-state index contributed by atoms with van der Waals surface area (Å²) in [4.78, 5) is 34.8. The van der Waals surface area contributed by atoms with Crippen LogP contribution in [0.3, 0.4) is 0 Å². The number of likely N-dealkylation sites (tertiary alicyclic amines) is 1. The molecule has 1 saturated heterocycles. The van der Waals surface area contributed by atoms with Crippen LogP contribution < -0.4 is 14.8 Å². The Balaban J connectivity index is 1.25. The highest BCUT2D eigenvalue weighted by atomic mass is 32.1. The molecular weight excluding hydrogens is 486 g/mol. The number of ether oxygens (including phenoxy) is 2. The van der Waals surface area contributed by atoms with Crippen LogP contribution in [-0.2, 0) is 0 Å². The molecule has 1 aliphatic carbocycles. The van der Waals surface area contributed by atoms with E-state index in [9.17, 15) is 9.59 Å². The van der Waals surface area contributed by atoms with E-state index in [1.165, 1.54) is 6.42 Å². The van der Waals surface area contributed by atoms with E-state index in [0.717, 1.165) is 33.9 Å². The molecule has 1 N–H and O–H groups in total. The quantitative estimate of drug-likeness (QED) is 0.522. The Kier molecular flexibility index (Phi) is 6.36. The molecule has 3 atom stereocenters. The number of nitrogens with one attached hydrogen (secondary N) is 1. The molecule has 1 aromatic heterocycles. The first-order chi connectivity index (χ1) is 18.0. The molecule has 2 amide bonds. The molecule has 2 aromatic carbocycles. The molecule has 37 heavy (non-hydrogen) atoms. The molecule has 1 saturated carbocycles. The first-order valence-electron chi connectivity index (χ1n) is 13.0. The molecule has 3 aliphatic rings. The van der Waals surface area contributed by atoms with Crippen molar-refractivity contribution < 1.29 is 19.1 Å². The fourth-order valence-electron chi connectivity index (χ4n) is 6.15. The van der Waals surface area contributed by atoms with Gasteiger partial charge >= 0.3 is 0 Å². The number of aromatic nitrogens is 1. The van der Waals surface area contributed by atoms with Crippen LogP contribution in [0.25, 0.3) is 10.4 Å². The Morgan fingerprint density at radius 2 is 1.95 bits per heavy atom. The molecule has 8 heteroatoms. The summed E-state index contributed by atoms with van der Waals surface area (Å²) >= 11 is 1.56. The summed E-state index contributed by atoms with van der Waals surface area (Å²) in [5.74, 6) is 1.69. The number of amides is 2. The van der Waals surface area contributed by atoms with Crippen LogP contribution in [0.4, 0.5) is 0 Å². The van der Waals surface area contributed by atoms with Gasteiger partial charge in [0.05, 0.1) is 21.5 Å². The molecule has 2 fully saturated rings. The maximum Gasteiger partial charge on any atom is 0.274 e. The van der Waals surface area contributed by atoms with Gasteiger partial charge in [-0.3, -0.25) is 9.59 Å². The fourth-order valence-corrected chi connectivity index (χ4v) is 7.05. The van der Waals surface area contributed by atoms with Crippen molar-refractivity contribution in [1.82, 2.24) is 15.2 Å². The first kappa shape index (κ1) is 24.0. The summed E-state index contributed by atoms with van der Waals surface area (Å²) in [5, 5.41) is 3.99. The largest absolute Gasteiger partial charge is 0.486 e. The lowest BCUT2D eigenvalue weighted by atomic mass is 9.94. The number of para-hydroxylation sites is 1. The van der Waals surface area contributed by atoms with E-state index in [1.54, 1.807) is 23.5 Å². The van der Waals surface area contributed by atoms with Crippen molar-refractivity contribution in [3.8, 4) is 21.9 Å². The predicted octanol–water partition coefficient (Wildman–Crippen LogP) is 4.87. The topological polar surface area (TPSA) is 80.8 Å². The van der Waals surface area contributed by atoms with Gasteiger partial charge in [-0.15, -0.1) is 11.3 Å². The van der Waals surface area contributed by atoms with Crippen LogP contribution in [0.15, 0.2) is 42.5 Å². The van der Waals surface area contributed by atoms with Gasteiger partial charge in [0.1, 0.15) is 18.9 Å². The summed E-state index contributed by atoms with van der Waals surface area (Å²) < 4.78 is 11.4.